The molecule has 0 aliphatic carbocycles. The van der Waals surface area contributed by atoms with Gasteiger partial charge < -0.3 is 25.2 Å². The van der Waals surface area contributed by atoms with Crippen LogP contribution in [-0.2, 0) is 9.59 Å². The quantitative estimate of drug-likeness (QED) is 0.269. The summed E-state index contributed by atoms with van der Waals surface area (Å²) >= 11 is 6.35. The molecule has 0 atom stereocenters. The van der Waals surface area contributed by atoms with Gasteiger partial charge in [0.2, 0.25) is 0 Å². The van der Waals surface area contributed by atoms with Crippen LogP contribution in [0, 0.1) is 18.3 Å². The number of aryl methyl sites for hydroxylation is 1. The summed E-state index contributed by atoms with van der Waals surface area (Å²) in [7, 11) is 1.38. The van der Waals surface area contributed by atoms with Gasteiger partial charge in [0, 0.05) is 11.4 Å². The molecule has 3 aromatic carbocycles. The molecule has 2 amide bonds. The fraction of sp³-hybridized carbons (Fsp3) is 0.111. The van der Waals surface area contributed by atoms with Crippen LogP contribution in [0.5, 0.6) is 11.5 Å². The van der Waals surface area contributed by atoms with Crippen molar-refractivity contribution in [3.05, 3.63) is 87.9 Å². The number of amides is 2. The first-order chi connectivity index (χ1) is 17.7. The number of ether oxygens (including phenoxy) is 2. The lowest BCUT2D eigenvalue weighted by Gasteiger charge is -2.13. The number of carboxylic acids is 1. The van der Waals surface area contributed by atoms with Crippen LogP contribution in [0.3, 0.4) is 0 Å². The van der Waals surface area contributed by atoms with Crippen molar-refractivity contribution in [2.24, 2.45) is 0 Å². The number of aromatic carboxylic acids is 1. The van der Waals surface area contributed by atoms with Gasteiger partial charge in [0.15, 0.2) is 18.1 Å². The molecule has 3 rings (SSSR count). The standard InChI is InChI=1S/C27H22ClN3O6/c1-16-6-8-20(9-7-16)30-24(32)15-37-25-22(28)11-17(12-23(25)36-2)10-19(14-29)26(33)31-21-5-3-4-18(13-21)27(34)35/h3-13H,15H2,1-2H3,(H,30,32)(H,31,33)(H,34,35)/b19-10-. The van der Waals surface area contributed by atoms with Crippen LogP contribution in [-0.4, -0.2) is 36.6 Å². The summed E-state index contributed by atoms with van der Waals surface area (Å²) in [5.74, 6) is -1.99. The third-order valence-electron chi connectivity index (χ3n) is 4.98. The molecule has 0 aliphatic rings. The molecule has 0 spiro atoms. The minimum absolute atomic E-state index is 0.0139. The number of hydrogen-bond acceptors (Lipinski definition) is 6. The minimum Gasteiger partial charge on any atom is -0.493 e. The number of halogens is 1. The maximum Gasteiger partial charge on any atom is 0.335 e. The zero-order valence-electron chi connectivity index (χ0n) is 19.9. The van der Waals surface area contributed by atoms with Gasteiger partial charge in [0.25, 0.3) is 11.8 Å². The fourth-order valence-electron chi connectivity index (χ4n) is 3.18. The summed E-state index contributed by atoms with van der Waals surface area (Å²) in [4.78, 5) is 36.0. The lowest BCUT2D eigenvalue weighted by molar-refractivity contribution is -0.118. The number of anilines is 2. The Hall–Kier alpha value is -4.81. The van der Waals surface area contributed by atoms with E-state index in [2.05, 4.69) is 10.6 Å². The highest BCUT2D eigenvalue weighted by Crippen LogP contribution is 2.37. The van der Waals surface area contributed by atoms with E-state index in [9.17, 15) is 19.6 Å². The average Bonchev–Trinajstić information content (AvgIpc) is 2.87. The van der Waals surface area contributed by atoms with Gasteiger partial charge in [-0.2, -0.15) is 5.26 Å². The molecule has 0 radical (unpaired) electrons. The molecular formula is C27H22ClN3O6. The van der Waals surface area contributed by atoms with E-state index in [1.807, 2.05) is 25.1 Å². The molecule has 0 saturated carbocycles. The highest BCUT2D eigenvalue weighted by Gasteiger charge is 2.16. The molecule has 0 unspecified atom stereocenters. The Morgan fingerprint density at radius 3 is 2.43 bits per heavy atom. The monoisotopic (exact) mass is 519 g/mol. The molecule has 0 aromatic heterocycles. The van der Waals surface area contributed by atoms with Crippen LogP contribution >= 0.6 is 11.6 Å². The molecule has 0 fully saturated rings. The molecule has 0 aliphatic heterocycles. The number of nitriles is 1. The molecule has 10 heteroatoms. The van der Waals surface area contributed by atoms with E-state index in [-0.39, 0.29) is 40.0 Å². The van der Waals surface area contributed by atoms with Crippen LogP contribution in [0.1, 0.15) is 21.5 Å². The zero-order chi connectivity index (χ0) is 26.9. The first-order valence-electron chi connectivity index (χ1n) is 10.8. The Labute approximate surface area is 217 Å². The smallest absolute Gasteiger partial charge is 0.335 e. The van der Waals surface area contributed by atoms with E-state index < -0.39 is 17.8 Å². The number of nitrogens with zero attached hydrogens (tertiary/aromatic N) is 1. The van der Waals surface area contributed by atoms with Gasteiger partial charge in [-0.05, 0) is 61.0 Å². The second-order valence-electron chi connectivity index (χ2n) is 7.75. The molecular weight excluding hydrogens is 498 g/mol. The van der Waals surface area contributed by atoms with Crippen LogP contribution in [0.4, 0.5) is 11.4 Å². The van der Waals surface area contributed by atoms with Crippen molar-refractivity contribution < 1.29 is 29.0 Å². The lowest BCUT2D eigenvalue weighted by Crippen LogP contribution is -2.20. The van der Waals surface area contributed by atoms with Gasteiger partial charge >= 0.3 is 5.97 Å². The van der Waals surface area contributed by atoms with Gasteiger partial charge in [-0.25, -0.2) is 4.79 Å². The van der Waals surface area contributed by atoms with E-state index >= 15 is 0 Å². The number of hydrogen-bond donors (Lipinski definition) is 3. The minimum atomic E-state index is -1.15. The van der Waals surface area contributed by atoms with Crippen LogP contribution in [0.25, 0.3) is 6.08 Å². The van der Waals surface area contributed by atoms with Crippen molar-refractivity contribution in [3.8, 4) is 17.6 Å². The number of carboxylic acid groups (broad SMARTS) is 1. The van der Waals surface area contributed by atoms with Gasteiger partial charge in [0.1, 0.15) is 11.6 Å². The number of methoxy groups -OCH3 is 1. The number of nitrogens with one attached hydrogen (secondary N) is 2. The maximum atomic E-state index is 12.6. The van der Waals surface area contributed by atoms with E-state index in [1.165, 1.54) is 49.6 Å². The Morgan fingerprint density at radius 1 is 1.05 bits per heavy atom. The molecule has 3 aromatic rings. The van der Waals surface area contributed by atoms with Crippen molar-refractivity contribution >= 4 is 46.8 Å². The second-order valence-corrected chi connectivity index (χ2v) is 8.15. The summed E-state index contributed by atoms with van der Waals surface area (Å²) in [5, 5.41) is 23.9. The Balaban J connectivity index is 1.74. The first kappa shape index (κ1) is 26.8. The number of carbonyl (C=O) groups is 3. The summed E-state index contributed by atoms with van der Waals surface area (Å²) in [6.45, 7) is 1.61. The van der Waals surface area contributed by atoms with E-state index in [4.69, 9.17) is 26.2 Å². The average molecular weight is 520 g/mol. The Morgan fingerprint density at radius 2 is 1.78 bits per heavy atom. The summed E-state index contributed by atoms with van der Waals surface area (Å²) in [5.41, 5.74) is 1.99. The van der Waals surface area contributed by atoms with Gasteiger partial charge in [-0.15, -0.1) is 0 Å². The summed E-state index contributed by atoms with van der Waals surface area (Å²) in [6, 6.07) is 17.7. The van der Waals surface area contributed by atoms with Crippen molar-refractivity contribution in [2.75, 3.05) is 24.4 Å². The van der Waals surface area contributed by atoms with Crippen molar-refractivity contribution in [1.82, 2.24) is 0 Å². The topological polar surface area (TPSA) is 138 Å². The number of benzene rings is 3. The van der Waals surface area contributed by atoms with Crippen LogP contribution < -0.4 is 20.1 Å². The molecule has 37 heavy (non-hydrogen) atoms. The van der Waals surface area contributed by atoms with Crippen LogP contribution in [0.15, 0.2) is 66.2 Å². The fourth-order valence-corrected chi connectivity index (χ4v) is 3.45. The molecule has 0 heterocycles. The predicted molar refractivity (Wildman–Crippen MR) is 139 cm³/mol. The molecule has 9 nitrogen and oxygen atoms in total. The van der Waals surface area contributed by atoms with Crippen LogP contribution in [0.2, 0.25) is 5.02 Å². The molecule has 0 saturated heterocycles. The Bertz CT molecular complexity index is 1410. The van der Waals surface area contributed by atoms with Gasteiger partial charge in [0.05, 0.1) is 17.7 Å². The lowest BCUT2D eigenvalue weighted by atomic mass is 10.1. The zero-order valence-corrected chi connectivity index (χ0v) is 20.6. The summed E-state index contributed by atoms with van der Waals surface area (Å²) in [6.07, 6.45) is 1.29. The molecule has 3 N–H and O–H groups in total. The SMILES string of the molecule is COc1cc(/C=C(/C#N)C(=O)Nc2cccc(C(=O)O)c2)cc(Cl)c1OCC(=O)Nc1ccc(C)cc1. The molecule has 188 valence electrons. The molecule has 0 bridgehead atoms. The van der Waals surface area contributed by atoms with Crippen molar-refractivity contribution in [3.63, 3.8) is 0 Å². The highest BCUT2D eigenvalue weighted by atomic mass is 35.5. The second kappa shape index (κ2) is 12.2. The third kappa shape index (κ3) is 7.34. The van der Waals surface area contributed by atoms with E-state index in [1.54, 1.807) is 12.1 Å². The third-order valence-corrected chi connectivity index (χ3v) is 5.26. The Kier molecular flexibility index (Phi) is 8.86. The predicted octanol–water partition coefficient (Wildman–Crippen LogP) is 4.92. The number of carbonyl (C=O) groups excluding carboxylic acids is 2. The van der Waals surface area contributed by atoms with E-state index in [0.29, 0.717) is 11.3 Å². The highest BCUT2D eigenvalue weighted by molar-refractivity contribution is 6.32. The van der Waals surface area contributed by atoms with Crippen molar-refractivity contribution in [1.29, 1.82) is 5.26 Å². The largest absolute Gasteiger partial charge is 0.493 e. The van der Waals surface area contributed by atoms with Gasteiger partial charge in [-0.3, -0.25) is 9.59 Å². The van der Waals surface area contributed by atoms with Crippen molar-refractivity contribution in [2.45, 2.75) is 6.92 Å². The number of rotatable bonds is 9. The first-order valence-corrected chi connectivity index (χ1v) is 11.2. The normalized spacial score (nSPS) is 10.7. The van der Waals surface area contributed by atoms with Gasteiger partial charge in [-0.1, -0.05) is 35.4 Å². The summed E-state index contributed by atoms with van der Waals surface area (Å²) < 4.78 is 10.9. The van der Waals surface area contributed by atoms with E-state index in [0.717, 1.165) is 5.56 Å². The maximum absolute atomic E-state index is 12.6.